The second-order valence-corrected chi connectivity index (χ2v) is 25.8. The Morgan fingerprint density at radius 3 is 0.825 bits per heavy atom. The number of hydrogen-bond acceptors (Lipinski definition) is 8. The van der Waals surface area contributed by atoms with E-state index in [0.29, 0.717) is 0 Å². The second-order valence-electron chi connectivity index (χ2n) is 25.8. The van der Waals surface area contributed by atoms with Crippen molar-refractivity contribution >= 4 is 68.2 Å². The fraction of sp³-hybridized carbons (Fsp3) is 0.0316. The molecule has 0 bridgehead atoms. The summed E-state index contributed by atoms with van der Waals surface area (Å²) in [5, 5.41) is 0. The molecule has 16 aromatic rings. The lowest BCUT2D eigenvalue weighted by Gasteiger charge is -2.29. The van der Waals surface area contributed by atoms with Gasteiger partial charge in [-0.1, -0.05) is 250 Å². The fourth-order valence-corrected chi connectivity index (χ4v) is 14.2. The van der Waals surface area contributed by atoms with Gasteiger partial charge in [0.05, 0.1) is 28.5 Å². The van der Waals surface area contributed by atoms with Crippen LogP contribution in [-0.4, -0.2) is 19.9 Å². The van der Waals surface area contributed by atoms with Crippen LogP contribution in [0.4, 0.5) is 68.2 Å². The predicted octanol–water partition coefficient (Wildman–Crippen LogP) is 25.5. The van der Waals surface area contributed by atoms with Gasteiger partial charge in [0.15, 0.2) is 0 Å². The smallest absolute Gasteiger partial charge is 0.0965 e. The van der Waals surface area contributed by atoms with Gasteiger partial charge in [0.1, 0.15) is 0 Å². The SMILES string of the molecule is CC1(C)c2ccccc2-c2ccc(N(c3ccc(-c4nccnc4-c4ccccc4)cc3)c3ccc(N(c4ccccc4)c4ccccc4)cc3)cc21.c1ccc(-c2ccccc2N(c2ccc(-c3nccnc3-c3ccccc3)cc2)c2ccc(N(c3ccccc3)c3ccccc3)cc2)cc1. The number of aromatic nitrogens is 4. The first-order valence-corrected chi connectivity index (χ1v) is 34.8. The van der Waals surface area contributed by atoms with Crippen LogP contribution in [0.3, 0.4) is 0 Å². The number of fused-ring (bicyclic) bond motifs is 3. The van der Waals surface area contributed by atoms with Crippen LogP contribution in [0, 0.1) is 0 Å². The standard InChI is InChI=1S/C49H38N4.C46H34N4/c1-49(2)45-21-13-12-20-43(45)44-31-30-42(34-46(44)49)53(39-24-22-36(23-25-39)48-47(50-32-33-51-48)35-14-6-3-7-15-35)41-28-26-40(27-29-41)52(37-16-8-4-9-17-37)38-18-10-5-11-19-38;1-5-15-35(16-6-1)43-23-13-14-24-44(43)50(41-27-25-37(26-28-41)46-45(47-33-34-48-46)36-17-7-2-8-18-36)42-31-29-40(30-32-42)49(38-19-9-3-10-20-38)39-21-11-4-12-22-39/h3-34H,1-2H3;1-34H. The third-order valence-corrected chi connectivity index (χ3v) is 19.1. The monoisotopic (exact) mass is 1320 g/mol. The number of anilines is 12. The van der Waals surface area contributed by atoms with E-state index in [1.807, 2.05) is 36.4 Å². The molecule has 0 aliphatic heterocycles. The third-order valence-electron chi connectivity index (χ3n) is 19.1. The Morgan fingerprint density at radius 2 is 0.447 bits per heavy atom. The average molecular weight is 1330 g/mol. The molecule has 1 aliphatic carbocycles. The summed E-state index contributed by atoms with van der Waals surface area (Å²) in [4.78, 5) is 28.3. The molecular weight excluding hydrogens is 1250 g/mol. The van der Waals surface area contributed by atoms with Gasteiger partial charge in [0.2, 0.25) is 0 Å². The number of benzene rings is 14. The van der Waals surface area contributed by atoms with Crippen molar-refractivity contribution in [2.75, 3.05) is 19.6 Å². The molecule has 17 rings (SSSR count). The van der Waals surface area contributed by atoms with Crippen LogP contribution in [0.25, 0.3) is 67.3 Å². The zero-order chi connectivity index (χ0) is 69.3. The van der Waals surface area contributed by atoms with Gasteiger partial charge >= 0.3 is 0 Å². The summed E-state index contributed by atoms with van der Waals surface area (Å²) >= 11 is 0. The molecule has 2 aromatic heterocycles. The zero-order valence-corrected chi connectivity index (χ0v) is 57.2. The summed E-state index contributed by atoms with van der Waals surface area (Å²) in [5.41, 5.74) is 28.1. The van der Waals surface area contributed by atoms with Gasteiger partial charge in [-0.15, -0.1) is 0 Å². The van der Waals surface area contributed by atoms with E-state index < -0.39 is 0 Å². The highest BCUT2D eigenvalue weighted by atomic mass is 15.2. The van der Waals surface area contributed by atoms with Crippen molar-refractivity contribution in [1.82, 2.24) is 19.9 Å². The highest BCUT2D eigenvalue weighted by molar-refractivity contribution is 5.92. The lowest BCUT2D eigenvalue weighted by atomic mass is 9.82. The molecule has 0 atom stereocenters. The Balaban J connectivity index is 0.000000159. The minimum absolute atomic E-state index is 0.118. The molecule has 14 aromatic carbocycles. The van der Waals surface area contributed by atoms with Gasteiger partial charge in [-0.3, -0.25) is 19.9 Å². The highest BCUT2D eigenvalue weighted by Crippen LogP contribution is 2.52. The number of nitrogens with zero attached hydrogens (tertiary/aromatic N) is 8. The van der Waals surface area contributed by atoms with Gasteiger partial charge in [0, 0.05) is 121 Å². The third kappa shape index (κ3) is 13.2. The van der Waals surface area contributed by atoms with Crippen molar-refractivity contribution in [2.24, 2.45) is 0 Å². The van der Waals surface area contributed by atoms with E-state index in [2.05, 4.69) is 373 Å². The van der Waals surface area contributed by atoms with Crippen LogP contribution >= 0.6 is 0 Å². The number of para-hydroxylation sites is 5. The van der Waals surface area contributed by atoms with E-state index in [4.69, 9.17) is 19.9 Å². The quantitative estimate of drug-likeness (QED) is 0.0894. The predicted molar refractivity (Wildman–Crippen MR) is 428 cm³/mol. The van der Waals surface area contributed by atoms with Crippen LogP contribution in [0.5, 0.6) is 0 Å². The maximum absolute atomic E-state index is 4.79. The first kappa shape index (κ1) is 64.1. The molecule has 8 heteroatoms. The van der Waals surface area contributed by atoms with E-state index in [1.54, 1.807) is 24.8 Å². The Labute approximate surface area is 602 Å². The molecule has 0 amide bonds. The van der Waals surface area contributed by atoms with Gasteiger partial charge in [0.25, 0.3) is 0 Å². The maximum atomic E-state index is 4.79. The Hall–Kier alpha value is -13.6. The maximum Gasteiger partial charge on any atom is 0.0965 e. The fourth-order valence-electron chi connectivity index (χ4n) is 14.2. The van der Waals surface area contributed by atoms with Crippen molar-refractivity contribution in [1.29, 1.82) is 0 Å². The van der Waals surface area contributed by atoms with E-state index in [-0.39, 0.29) is 5.41 Å². The van der Waals surface area contributed by atoms with Crippen molar-refractivity contribution in [2.45, 2.75) is 19.3 Å². The highest BCUT2D eigenvalue weighted by Gasteiger charge is 2.36. The van der Waals surface area contributed by atoms with Crippen LogP contribution < -0.4 is 19.6 Å². The van der Waals surface area contributed by atoms with Gasteiger partial charge < -0.3 is 19.6 Å². The zero-order valence-electron chi connectivity index (χ0n) is 57.2. The largest absolute Gasteiger partial charge is 0.311 e. The van der Waals surface area contributed by atoms with E-state index in [0.717, 1.165) is 124 Å². The molecule has 103 heavy (non-hydrogen) atoms. The molecule has 0 radical (unpaired) electrons. The summed E-state index contributed by atoms with van der Waals surface area (Å²) in [6.45, 7) is 4.67. The molecule has 0 saturated heterocycles. The van der Waals surface area contributed by atoms with Gasteiger partial charge in [-0.2, -0.15) is 0 Å². The normalized spacial score (nSPS) is 11.7. The lowest BCUT2D eigenvalue weighted by molar-refractivity contribution is 0.660. The van der Waals surface area contributed by atoms with Crippen LogP contribution in [0.2, 0.25) is 0 Å². The molecule has 0 spiro atoms. The summed E-state index contributed by atoms with van der Waals surface area (Å²) in [6, 6.07) is 133. The Morgan fingerprint density at radius 1 is 0.194 bits per heavy atom. The first-order valence-electron chi connectivity index (χ1n) is 34.8. The van der Waals surface area contributed by atoms with Crippen molar-refractivity contribution < 1.29 is 0 Å². The molecule has 0 unspecified atom stereocenters. The van der Waals surface area contributed by atoms with Crippen LogP contribution in [-0.2, 0) is 5.41 Å². The molecule has 0 saturated carbocycles. The summed E-state index contributed by atoms with van der Waals surface area (Å²) < 4.78 is 0. The minimum atomic E-state index is -0.118. The summed E-state index contributed by atoms with van der Waals surface area (Å²) in [6.07, 6.45) is 7.04. The van der Waals surface area contributed by atoms with E-state index >= 15 is 0 Å². The molecular formula is C95H72N8. The summed E-state index contributed by atoms with van der Waals surface area (Å²) in [5.74, 6) is 0. The molecule has 0 fully saturated rings. The van der Waals surface area contributed by atoms with Crippen molar-refractivity contribution in [3.05, 3.63) is 412 Å². The van der Waals surface area contributed by atoms with Gasteiger partial charge in [-0.25, -0.2) is 0 Å². The number of hydrogen-bond donors (Lipinski definition) is 0. The Bertz CT molecular complexity index is 5420. The number of rotatable bonds is 17. The van der Waals surface area contributed by atoms with Crippen molar-refractivity contribution in [3.8, 4) is 67.3 Å². The van der Waals surface area contributed by atoms with E-state index in [9.17, 15) is 0 Å². The molecule has 492 valence electrons. The molecule has 8 nitrogen and oxygen atoms in total. The minimum Gasteiger partial charge on any atom is -0.311 e. The second kappa shape index (κ2) is 29.1. The molecule has 0 N–H and O–H groups in total. The molecule has 2 heterocycles. The Kier molecular flexibility index (Phi) is 18.1. The van der Waals surface area contributed by atoms with Gasteiger partial charge in [-0.05, 0) is 167 Å². The summed E-state index contributed by atoms with van der Waals surface area (Å²) in [7, 11) is 0. The first-order chi connectivity index (χ1) is 50.9. The van der Waals surface area contributed by atoms with E-state index in [1.165, 1.54) is 22.3 Å². The lowest BCUT2D eigenvalue weighted by Crippen LogP contribution is -2.16. The van der Waals surface area contributed by atoms with Crippen LogP contribution in [0.15, 0.2) is 401 Å². The van der Waals surface area contributed by atoms with Crippen molar-refractivity contribution in [3.63, 3.8) is 0 Å². The topological polar surface area (TPSA) is 64.5 Å². The average Bonchev–Trinajstić information content (AvgIpc) is 1.54. The van der Waals surface area contributed by atoms with Crippen LogP contribution in [0.1, 0.15) is 25.0 Å². The molecule has 1 aliphatic rings.